The number of rotatable bonds is 11. The summed E-state index contributed by atoms with van der Waals surface area (Å²) in [5.41, 5.74) is 2.03. The lowest BCUT2D eigenvalue weighted by atomic mass is 10.1. The van der Waals surface area contributed by atoms with Gasteiger partial charge < -0.3 is 15.0 Å². The molecule has 9 heteroatoms. The number of ether oxygens (including phenoxy) is 1. The van der Waals surface area contributed by atoms with Crippen LogP contribution in [0.2, 0.25) is 0 Å². The molecule has 0 aliphatic carbocycles. The van der Waals surface area contributed by atoms with Crippen LogP contribution in [0.3, 0.4) is 0 Å². The second kappa shape index (κ2) is 11.9. The topological polar surface area (TPSA) is 96.0 Å². The van der Waals surface area contributed by atoms with Gasteiger partial charge in [-0.2, -0.15) is 0 Å². The summed E-state index contributed by atoms with van der Waals surface area (Å²) in [4.78, 5) is 27.8. The number of carbonyl (C=O) groups excluding carboxylic acids is 2. The van der Waals surface area contributed by atoms with E-state index in [0.717, 1.165) is 21.7 Å². The zero-order valence-corrected chi connectivity index (χ0v) is 21.6. The Morgan fingerprint density at radius 3 is 2.32 bits per heavy atom. The van der Waals surface area contributed by atoms with Crippen molar-refractivity contribution in [1.82, 2.24) is 10.2 Å². The molecule has 0 saturated carbocycles. The maximum atomic E-state index is 13.5. The molecule has 1 N–H and O–H groups in total. The van der Waals surface area contributed by atoms with Crippen molar-refractivity contribution in [2.24, 2.45) is 5.92 Å². The van der Waals surface area contributed by atoms with E-state index in [9.17, 15) is 18.0 Å². The van der Waals surface area contributed by atoms with Crippen molar-refractivity contribution in [3.63, 3.8) is 0 Å². The Morgan fingerprint density at radius 2 is 1.74 bits per heavy atom. The lowest BCUT2D eigenvalue weighted by Gasteiger charge is -2.31. The first-order valence-corrected chi connectivity index (χ1v) is 13.0. The zero-order chi connectivity index (χ0) is 25.5. The molecule has 1 atom stereocenters. The highest BCUT2D eigenvalue weighted by molar-refractivity contribution is 7.92. The Kier molecular flexibility index (Phi) is 9.49. The van der Waals surface area contributed by atoms with E-state index in [1.165, 1.54) is 4.90 Å². The van der Waals surface area contributed by atoms with Crippen LogP contribution in [0.15, 0.2) is 48.5 Å². The van der Waals surface area contributed by atoms with Gasteiger partial charge in [0.05, 0.1) is 19.1 Å². The number of anilines is 1. The number of hydrogen-bond acceptors (Lipinski definition) is 5. The monoisotopic (exact) mass is 489 g/mol. The SMILES string of the molecule is COc1cccc(CN(C(=O)CN(c2cccc(C)c2)S(C)(=O)=O)[C@@H](C)C(=O)NCC(C)C)c1. The van der Waals surface area contributed by atoms with E-state index in [4.69, 9.17) is 4.74 Å². The molecule has 186 valence electrons. The van der Waals surface area contributed by atoms with E-state index in [0.29, 0.717) is 18.0 Å². The molecule has 2 aromatic rings. The smallest absolute Gasteiger partial charge is 0.244 e. The Morgan fingerprint density at radius 1 is 1.06 bits per heavy atom. The van der Waals surface area contributed by atoms with Gasteiger partial charge in [0.2, 0.25) is 21.8 Å². The highest BCUT2D eigenvalue weighted by Crippen LogP contribution is 2.21. The normalized spacial score (nSPS) is 12.2. The van der Waals surface area contributed by atoms with Crippen LogP contribution in [0.1, 0.15) is 31.9 Å². The van der Waals surface area contributed by atoms with Crippen LogP contribution in [0.5, 0.6) is 5.75 Å². The van der Waals surface area contributed by atoms with E-state index in [1.807, 2.05) is 32.9 Å². The van der Waals surface area contributed by atoms with Gasteiger partial charge in [-0.3, -0.25) is 13.9 Å². The lowest BCUT2D eigenvalue weighted by Crippen LogP contribution is -2.51. The van der Waals surface area contributed by atoms with Gasteiger partial charge in [-0.05, 0) is 55.2 Å². The van der Waals surface area contributed by atoms with Crippen LogP contribution in [0.4, 0.5) is 5.69 Å². The van der Waals surface area contributed by atoms with Crippen LogP contribution in [-0.4, -0.2) is 57.6 Å². The summed E-state index contributed by atoms with van der Waals surface area (Å²) in [6.07, 6.45) is 1.06. The summed E-state index contributed by atoms with van der Waals surface area (Å²) < 4.78 is 31.5. The molecule has 34 heavy (non-hydrogen) atoms. The standard InChI is InChI=1S/C25H35N3O5S/c1-18(2)15-26-25(30)20(4)27(16-21-10-8-12-23(14-21)33-5)24(29)17-28(34(6,31)32)22-11-7-9-19(3)13-22/h7-14,18,20H,15-17H2,1-6H3,(H,26,30)/t20-/m0/s1. The number of hydrogen-bond donors (Lipinski definition) is 1. The van der Waals surface area contributed by atoms with Crippen molar-refractivity contribution in [1.29, 1.82) is 0 Å². The minimum atomic E-state index is -3.75. The van der Waals surface area contributed by atoms with Crippen molar-refractivity contribution in [3.05, 3.63) is 59.7 Å². The average Bonchev–Trinajstić information content (AvgIpc) is 2.78. The number of methoxy groups -OCH3 is 1. The van der Waals surface area contributed by atoms with Gasteiger partial charge in [0.15, 0.2) is 0 Å². The largest absolute Gasteiger partial charge is 0.497 e. The Hall–Kier alpha value is -3.07. The molecule has 2 aromatic carbocycles. The zero-order valence-electron chi connectivity index (χ0n) is 20.7. The lowest BCUT2D eigenvalue weighted by molar-refractivity contribution is -0.139. The summed E-state index contributed by atoms with van der Waals surface area (Å²) in [6, 6.07) is 13.3. The quantitative estimate of drug-likeness (QED) is 0.524. The minimum Gasteiger partial charge on any atom is -0.497 e. The van der Waals surface area contributed by atoms with E-state index in [1.54, 1.807) is 50.4 Å². The van der Waals surface area contributed by atoms with Gasteiger partial charge in [0.25, 0.3) is 0 Å². The fourth-order valence-electron chi connectivity index (χ4n) is 3.40. The fourth-order valence-corrected chi connectivity index (χ4v) is 4.24. The number of benzene rings is 2. The number of amides is 2. The summed E-state index contributed by atoms with van der Waals surface area (Å²) in [7, 11) is -2.20. The third kappa shape index (κ3) is 7.76. The van der Waals surface area contributed by atoms with Crippen LogP contribution < -0.4 is 14.4 Å². The summed E-state index contributed by atoms with van der Waals surface area (Å²) in [5.74, 6) is 0.0911. The van der Waals surface area contributed by atoms with Gasteiger partial charge in [0, 0.05) is 13.1 Å². The maximum absolute atomic E-state index is 13.5. The number of sulfonamides is 1. The molecule has 0 spiro atoms. The average molecular weight is 490 g/mol. The molecule has 8 nitrogen and oxygen atoms in total. The second-order valence-corrected chi connectivity index (χ2v) is 10.7. The molecular formula is C25H35N3O5S. The number of nitrogens with one attached hydrogen (secondary N) is 1. The molecule has 0 aliphatic heterocycles. The maximum Gasteiger partial charge on any atom is 0.244 e. The number of carbonyl (C=O) groups is 2. The number of aryl methyl sites for hydroxylation is 1. The van der Waals surface area contributed by atoms with Crippen molar-refractivity contribution >= 4 is 27.5 Å². The van der Waals surface area contributed by atoms with Crippen molar-refractivity contribution in [2.45, 2.75) is 40.3 Å². The van der Waals surface area contributed by atoms with Crippen LogP contribution in [0.25, 0.3) is 0 Å². The molecule has 2 amide bonds. The molecule has 0 aliphatic rings. The Bertz CT molecular complexity index is 1100. The molecule has 0 bridgehead atoms. The predicted octanol–water partition coefficient (Wildman–Crippen LogP) is 2.96. The van der Waals surface area contributed by atoms with E-state index in [-0.39, 0.29) is 18.4 Å². The Labute approximate surface area is 202 Å². The van der Waals surface area contributed by atoms with E-state index >= 15 is 0 Å². The van der Waals surface area contributed by atoms with E-state index < -0.39 is 28.5 Å². The van der Waals surface area contributed by atoms with Crippen LogP contribution >= 0.6 is 0 Å². The van der Waals surface area contributed by atoms with Crippen molar-refractivity contribution in [3.8, 4) is 5.75 Å². The molecular weight excluding hydrogens is 454 g/mol. The molecule has 0 unspecified atom stereocenters. The van der Waals surface area contributed by atoms with Crippen molar-refractivity contribution < 1.29 is 22.7 Å². The third-order valence-corrected chi connectivity index (χ3v) is 6.45. The molecule has 0 radical (unpaired) electrons. The first kappa shape index (κ1) is 27.2. The van der Waals surface area contributed by atoms with Crippen LogP contribution in [0, 0.1) is 12.8 Å². The van der Waals surface area contributed by atoms with Gasteiger partial charge in [-0.15, -0.1) is 0 Å². The second-order valence-electron chi connectivity index (χ2n) is 8.80. The van der Waals surface area contributed by atoms with Gasteiger partial charge >= 0.3 is 0 Å². The highest BCUT2D eigenvalue weighted by Gasteiger charge is 2.30. The van der Waals surface area contributed by atoms with E-state index in [2.05, 4.69) is 5.32 Å². The first-order chi connectivity index (χ1) is 15.9. The molecule has 0 heterocycles. The summed E-state index contributed by atoms with van der Waals surface area (Å²) in [6.45, 7) is 7.63. The van der Waals surface area contributed by atoms with Crippen molar-refractivity contribution in [2.75, 3.05) is 30.8 Å². The fraction of sp³-hybridized carbons (Fsp3) is 0.440. The summed E-state index contributed by atoms with van der Waals surface area (Å²) in [5, 5.41) is 2.86. The highest BCUT2D eigenvalue weighted by atomic mass is 32.2. The Balaban J connectivity index is 2.38. The van der Waals surface area contributed by atoms with Gasteiger partial charge in [0.1, 0.15) is 18.3 Å². The predicted molar refractivity (Wildman–Crippen MR) is 134 cm³/mol. The molecule has 0 saturated heterocycles. The van der Waals surface area contributed by atoms with Crippen LogP contribution in [-0.2, 0) is 26.2 Å². The molecule has 0 fully saturated rings. The molecule has 0 aromatic heterocycles. The van der Waals surface area contributed by atoms with Gasteiger partial charge in [-0.1, -0.05) is 38.1 Å². The minimum absolute atomic E-state index is 0.123. The van der Waals surface area contributed by atoms with Gasteiger partial charge in [-0.25, -0.2) is 8.42 Å². The first-order valence-electron chi connectivity index (χ1n) is 11.2. The third-order valence-electron chi connectivity index (χ3n) is 5.31. The number of nitrogens with zero attached hydrogens (tertiary/aromatic N) is 2. The molecule has 2 rings (SSSR count). The summed E-state index contributed by atoms with van der Waals surface area (Å²) >= 11 is 0.